The molecule has 2 heterocycles. The fourth-order valence-corrected chi connectivity index (χ4v) is 3.79. The number of methoxy groups -OCH3 is 1. The van der Waals surface area contributed by atoms with Crippen molar-refractivity contribution in [2.75, 3.05) is 7.11 Å². The molecule has 8 heteroatoms. The Morgan fingerprint density at radius 2 is 1.81 bits per heavy atom. The van der Waals surface area contributed by atoms with E-state index < -0.39 is 23.7 Å². The van der Waals surface area contributed by atoms with Crippen molar-refractivity contribution < 1.29 is 27.9 Å². The molecule has 0 radical (unpaired) electrons. The molecule has 0 bridgehead atoms. The average Bonchev–Trinajstić information content (AvgIpc) is 3.37. The molecule has 3 rings (SSSR count). The number of benzene rings is 1. The molecule has 2 aromatic heterocycles. The van der Waals surface area contributed by atoms with Crippen LogP contribution in [0.1, 0.15) is 55.1 Å². The van der Waals surface area contributed by atoms with Crippen LogP contribution in [0.25, 0.3) is 0 Å². The minimum Gasteiger partial charge on any atom is -0.467 e. The van der Waals surface area contributed by atoms with Crippen LogP contribution >= 0.6 is 0 Å². The van der Waals surface area contributed by atoms with E-state index in [-0.39, 0.29) is 23.6 Å². The number of rotatable bonds is 7. The Bertz CT molecular complexity index is 1150. The molecule has 1 aromatic carbocycles. The number of hydrogen-bond acceptors (Lipinski definition) is 5. The van der Waals surface area contributed by atoms with E-state index in [9.17, 15) is 18.8 Å². The topological polar surface area (TPSA) is 81.8 Å². The maximum Gasteiger partial charge on any atom is 0.354 e. The van der Waals surface area contributed by atoms with Gasteiger partial charge in [0.05, 0.1) is 26.0 Å². The van der Waals surface area contributed by atoms with Crippen LogP contribution < -0.4 is 0 Å². The normalized spacial score (nSPS) is 11.8. The number of amides is 1. The number of nitrogens with zero attached hydrogens (tertiary/aromatic N) is 2. The smallest absolute Gasteiger partial charge is 0.354 e. The van der Waals surface area contributed by atoms with Gasteiger partial charge in [0.2, 0.25) is 0 Å². The van der Waals surface area contributed by atoms with E-state index in [2.05, 4.69) is 0 Å². The number of carbonyl (C=O) groups excluding carboxylic acids is 3. The van der Waals surface area contributed by atoms with Crippen molar-refractivity contribution >= 4 is 17.7 Å². The van der Waals surface area contributed by atoms with Crippen molar-refractivity contribution in [3.05, 3.63) is 82.3 Å². The predicted molar refractivity (Wildman–Crippen MR) is 115 cm³/mol. The first kappa shape index (κ1) is 23.0. The van der Waals surface area contributed by atoms with Crippen LogP contribution in [-0.2, 0) is 18.3 Å². The van der Waals surface area contributed by atoms with Gasteiger partial charge in [-0.3, -0.25) is 9.59 Å². The van der Waals surface area contributed by atoms with Crippen LogP contribution in [-0.4, -0.2) is 40.3 Å². The van der Waals surface area contributed by atoms with Gasteiger partial charge in [-0.1, -0.05) is 0 Å². The van der Waals surface area contributed by atoms with Crippen molar-refractivity contribution in [2.24, 2.45) is 7.05 Å². The van der Waals surface area contributed by atoms with Crippen molar-refractivity contribution in [3.63, 3.8) is 0 Å². The van der Waals surface area contributed by atoms with Crippen LogP contribution in [0.5, 0.6) is 0 Å². The lowest BCUT2D eigenvalue weighted by Crippen LogP contribution is -2.43. The maximum absolute atomic E-state index is 13.6. The highest BCUT2D eigenvalue weighted by Crippen LogP contribution is 2.26. The van der Waals surface area contributed by atoms with Crippen LogP contribution in [0, 0.1) is 19.7 Å². The second-order valence-electron chi connectivity index (χ2n) is 7.54. The standard InChI is InChI=1S/C24H25FN2O5/c1-14-20(15(2)26(4)21(14)24(30)31-5)22(28)16(3)27(13-19-7-6-12-32-19)23(29)17-8-10-18(25)11-9-17/h6-12,16H,13H2,1-5H3/t16-/m0/s1. The second-order valence-corrected chi connectivity index (χ2v) is 7.54. The third kappa shape index (κ3) is 4.21. The molecule has 0 saturated heterocycles. The summed E-state index contributed by atoms with van der Waals surface area (Å²) in [4.78, 5) is 40.4. The van der Waals surface area contributed by atoms with E-state index >= 15 is 0 Å². The zero-order valence-electron chi connectivity index (χ0n) is 18.6. The van der Waals surface area contributed by atoms with Gasteiger partial charge in [0.1, 0.15) is 17.3 Å². The summed E-state index contributed by atoms with van der Waals surface area (Å²) in [7, 11) is 2.96. The summed E-state index contributed by atoms with van der Waals surface area (Å²) in [5.74, 6) is -1.28. The Morgan fingerprint density at radius 1 is 1.16 bits per heavy atom. The first-order valence-corrected chi connectivity index (χ1v) is 10.0. The van der Waals surface area contributed by atoms with Crippen LogP contribution in [0.15, 0.2) is 47.1 Å². The molecule has 0 saturated carbocycles. The Hall–Kier alpha value is -3.68. The van der Waals surface area contributed by atoms with Crippen LogP contribution in [0.3, 0.4) is 0 Å². The number of Topliss-reactive ketones (excluding diaryl/α,β-unsaturated/α-hetero) is 1. The SMILES string of the molecule is COC(=O)c1c(C)c(C(=O)[C@H](C)N(Cc2ccco2)C(=O)c2ccc(F)cc2)c(C)n1C. The molecule has 0 fully saturated rings. The minimum absolute atomic E-state index is 0.0465. The van der Waals surface area contributed by atoms with Crippen molar-refractivity contribution in [3.8, 4) is 0 Å². The maximum atomic E-state index is 13.6. The Labute approximate surface area is 185 Å². The highest BCUT2D eigenvalue weighted by Gasteiger charge is 2.33. The van der Waals surface area contributed by atoms with Crippen LogP contribution in [0.4, 0.5) is 4.39 Å². The Balaban J connectivity index is 2.02. The van der Waals surface area contributed by atoms with E-state index in [1.165, 1.54) is 42.5 Å². The van der Waals surface area contributed by atoms with E-state index in [1.54, 1.807) is 44.5 Å². The van der Waals surface area contributed by atoms with E-state index in [0.29, 0.717) is 22.6 Å². The molecule has 32 heavy (non-hydrogen) atoms. The first-order valence-electron chi connectivity index (χ1n) is 10.0. The molecule has 0 N–H and O–H groups in total. The van der Waals surface area contributed by atoms with E-state index in [1.807, 2.05) is 0 Å². The van der Waals surface area contributed by atoms with Gasteiger partial charge in [-0.05, 0) is 62.7 Å². The molecule has 1 amide bonds. The fraction of sp³-hybridized carbons (Fsp3) is 0.292. The summed E-state index contributed by atoms with van der Waals surface area (Å²) in [5, 5.41) is 0. The number of furan rings is 1. The summed E-state index contributed by atoms with van der Waals surface area (Å²) in [6.07, 6.45) is 1.48. The number of esters is 1. The molecular weight excluding hydrogens is 415 g/mol. The monoisotopic (exact) mass is 440 g/mol. The molecule has 1 atom stereocenters. The van der Waals surface area contributed by atoms with Gasteiger partial charge < -0.3 is 18.6 Å². The zero-order valence-corrected chi connectivity index (χ0v) is 18.6. The Morgan fingerprint density at radius 3 is 2.38 bits per heavy atom. The number of halogens is 1. The zero-order chi connectivity index (χ0) is 23.6. The Kier molecular flexibility index (Phi) is 6.62. The summed E-state index contributed by atoms with van der Waals surface area (Å²) in [6.45, 7) is 5.08. The molecule has 0 spiro atoms. The lowest BCUT2D eigenvalue weighted by Gasteiger charge is -2.28. The minimum atomic E-state index is -0.886. The lowest BCUT2D eigenvalue weighted by atomic mass is 9.99. The summed E-state index contributed by atoms with van der Waals surface area (Å²) in [6, 6.07) is 7.64. The van der Waals surface area contributed by atoms with Gasteiger partial charge in [-0.15, -0.1) is 0 Å². The molecule has 0 aliphatic heterocycles. The fourth-order valence-electron chi connectivity index (χ4n) is 3.79. The molecule has 7 nitrogen and oxygen atoms in total. The lowest BCUT2D eigenvalue weighted by molar-refractivity contribution is 0.0586. The van der Waals surface area contributed by atoms with Gasteiger partial charge in [-0.2, -0.15) is 0 Å². The molecule has 0 unspecified atom stereocenters. The first-order chi connectivity index (χ1) is 15.2. The van der Waals surface area contributed by atoms with Gasteiger partial charge >= 0.3 is 5.97 Å². The highest BCUT2D eigenvalue weighted by atomic mass is 19.1. The van der Waals surface area contributed by atoms with Gasteiger partial charge in [0, 0.05) is 23.9 Å². The third-order valence-corrected chi connectivity index (χ3v) is 5.66. The van der Waals surface area contributed by atoms with Gasteiger partial charge in [-0.25, -0.2) is 9.18 Å². The van der Waals surface area contributed by atoms with Crippen molar-refractivity contribution in [1.82, 2.24) is 9.47 Å². The van der Waals surface area contributed by atoms with Crippen molar-refractivity contribution in [1.29, 1.82) is 0 Å². The van der Waals surface area contributed by atoms with E-state index in [4.69, 9.17) is 9.15 Å². The second kappa shape index (κ2) is 9.21. The van der Waals surface area contributed by atoms with Gasteiger partial charge in [0.25, 0.3) is 5.91 Å². The number of hydrogen-bond donors (Lipinski definition) is 0. The molecule has 3 aromatic rings. The largest absolute Gasteiger partial charge is 0.467 e. The quantitative estimate of drug-likeness (QED) is 0.409. The number of ketones is 1. The highest BCUT2D eigenvalue weighted by molar-refractivity contribution is 6.07. The summed E-state index contributed by atoms with van der Waals surface area (Å²) < 4.78 is 25.2. The molecule has 0 aliphatic carbocycles. The number of ether oxygens (including phenoxy) is 1. The number of carbonyl (C=O) groups is 3. The number of aromatic nitrogens is 1. The van der Waals surface area contributed by atoms with Gasteiger partial charge in [0.15, 0.2) is 5.78 Å². The molecule has 168 valence electrons. The summed E-state index contributed by atoms with van der Waals surface area (Å²) in [5.41, 5.74) is 1.96. The van der Waals surface area contributed by atoms with Crippen LogP contribution in [0.2, 0.25) is 0 Å². The van der Waals surface area contributed by atoms with Crippen molar-refractivity contribution in [2.45, 2.75) is 33.4 Å². The average molecular weight is 440 g/mol. The molecular formula is C24H25FN2O5. The summed E-state index contributed by atoms with van der Waals surface area (Å²) >= 11 is 0. The predicted octanol–water partition coefficient (Wildman–Crippen LogP) is 4.07. The van der Waals surface area contributed by atoms with E-state index in [0.717, 1.165) is 0 Å². The molecule has 0 aliphatic rings. The third-order valence-electron chi connectivity index (χ3n) is 5.66.